The van der Waals surface area contributed by atoms with Crippen LogP contribution in [-0.4, -0.2) is 6.04 Å². The van der Waals surface area contributed by atoms with Crippen LogP contribution in [0.1, 0.15) is 42.9 Å². The second kappa shape index (κ2) is 5.33. The van der Waals surface area contributed by atoms with Gasteiger partial charge in [-0.15, -0.1) is 0 Å². The number of benzene rings is 1. The first kappa shape index (κ1) is 12.1. The molecule has 90 valence electrons. The molecular weight excluding hydrogens is 208 g/mol. The van der Waals surface area contributed by atoms with E-state index in [4.69, 9.17) is 5.26 Å². The number of nitriles is 1. The molecule has 0 radical (unpaired) electrons. The first-order chi connectivity index (χ1) is 8.19. The highest BCUT2D eigenvalue weighted by atomic mass is 14.9. The van der Waals surface area contributed by atoms with E-state index in [-0.39, 0.29) is 0 Å². The van der Waals surface area contributed by atoms with E-state index in [0.29, 0.717) is 6.04 Å². The van der Waals surface area contributed by atoms with Crippen LogP contribution in [0.2, 0.25) is 0 Å². The van der Waals surface area contributed by atoms with Gasteiger partial charge in [0.15, 0.2) is 0 Å². The van der Waals surface area contributed by atoms with Crippen molar-refractivity contribution in [3.05, 3.63) is 34.9 Å². The molecule has 0 amide bonds. The summed E-state index contributed by atoms with van der Waals surface area (Å²) in [5, 5.41) is 12.4. The van der Waals surface area contributed by atoms with Gasteiger partial charge in [0.1, 0.15) is 0 Å². The number of hydrogen-bond donors (Lipinski definition) is 1. The largest absolute Gasteiger partial charge is 0.310 e. The van der Waals surface area contributed by atoms with Crippen LogP contribution in [-0.2, 0) is 6.54 Å². The average molecular weight is 228 g/mol. The van der Waals surface area contributed by atoms with E-state index in [0.717, 1.165) is 18.0 Å². The van der Waals surface area contributed by atoms with E-state index in [2.05, 4.69) is 31.3 Å². The molecule has 1 aliphatic rings. The van der Waals surface area contributed by atoms with Gasteiger partial charge in [-0.1, -0.05) is 13.0 Å². The lowest BCUT2D eigenvalue weighted by Gasteiger charge is -2.13. The monoisotopic (exact) mass is 228 g/mol. The molecule has 17 heavy (non-hydrogen) atoms. The lowest BCUT2D eigenvalue weighted by atomic mass is 10.1. The summed E-state index contributed by atoms with van der Waals surface area (Å²) in [6.45, 7) is 5.33. The van der Waals surface area contributed by atoms with Gasteiger partial charge in [0.05, 0.1) is 11.6 Å². The fourth-order valence-corrected chi connectivity index (χ4v) is 2.61. The topological polar surface area (TPSA) is 35.8 Å². The van der Waals surface area contributed by atoms with Gasteiger partial charge in [-0.3, -0.25) is 0 Å². The Labute approximate surface area is 104 Å². The summed E-state index contributed by atoms with van der Waals surface area (Å²) < 4.78 is 0. The maximum Gasteiger partial charge on any atom is 0.0991 e. The molecule has 2 rings (SSSR count). The highest BCUT2D eigenvalue weighted by Crippen LogP contribution is 2.25. The second-order valence-corrected chi connectivity index (χ2v) is 5.25. The minimum Gasteiger partial charge on any atom is -0.310 e. The number of nitrogens with one attached hydrogen (secondary N) is 1. The predicted octanol–water partition coefficient (Wildman–Crippen LogP) is 3.14. The maximum absolute atomic E-state index is 8.82. The zero-order valence-corrected chi connectivity index (χ0v) is 10.7. The van der Waals surface area contributed by atoms with Gasteiger partial charge in [-0.25, -0.2) is 0 Å². The Morgan fingerprint density at radius 2 is 2.24 bits per heavy atom. The summed E-state index contributed by atoms with van der Waals surface area (Å²) in [7, 11) is 0. The number of aryl methyl sites for hydroxylation is 1. The minimum absolute atomic E-state index is 0.681. The van der Waals surface area contributed by atoms with Crippen molar-refractivity contribution < 1.29 is 0 Å². The number of hydrogen-bond acceptors (Lipinski definition) is 2. The standard InChI is InChI=1S/C15H20N2/c1-11-3-6-15(7-11)17-10-14-5-4-13(9-16)8-12(14)2/h4-5,8,11,15,17H,3,6-7,10H2,1-2H3. The maximum atomic E-state index is 8.82. The van der Waals surface area contributed by atoms with Gasteiger partial charge in [0.2, 0.25) is 0 Å². The molecule has 1 N–H and O–H groups in total. The number of rotatable bonds is 3. The van der Waals surface area contributed by atoms with Crippen molar-refractivity contribution in [3.8, 4) is 6.07 Å². The van der Waals surface area contributed by atoms with E-state index < -0.39 is 0 Å². The first-order valence-electron chi connectivity index (χ1n) is 6.42. The fourth-order valence-electron chi connectivity index (χ4n) is 2.61. The Morgan fingerprint density at radius 1 is 1.41 bits per heavy atom. The van der Waals surface area contributed by atoms with Crippen molar-refractivity contribution in [2.45, 2.75) is 45.7 Å². The van der Waals surface area contributed by atoms with E-state index >= 15 is 0 Å². The summed E-state index contributed by atoms with van der Waals surface area (Å²) in [4.78, 5) is 0. The third-order valence-corrected chi connectivity index (χ3v) is 3.75. The van der Waals surface area contributed by atoms with Crippen LogP contribution in [0, 0.1) is 24.2 Å². The summed E-state index contributed by atoms with van der Waals surface area (Å²) in [6.07, 6.45) is 3.95. The van der Waals surface area contributed by atoms with Gasteiger partial charge < -0.3 is 5.32 Å². The van der Waals surface area contributed by atoms with Crippen molar-refractivity contribution in [1.29, 1.82) is 5.26 Å². The van der Waals surface area contributed by atoms with Gasteiger partial charge in [-0.2, -0.15) is 5.26 Å². The number of nitrogens with zero attached hydrogens (tertiary/aromatic N) is 1. The Bertz CT molecular complexity index is 431. The van der Waals surface area contributed by atoms with Crippen LogP contribution in [0.15, 0.2) is 18.2 Å². The summed E-state index contributed by atoms with van der Waals surface area (Å²) in [5.41, 5.74) is 3.27. The molecule has 1 aromatic rings. The van der Waals surface area contributed by atoms with Gasteiger partial charge in [-0.05, 0) is 55.4 Å². The summed E-state index contributed by atoms with van der Waals surface area (Å²) in [6, 6.07) is 8.80. The van der Waals surface area contributed by atoms with Crippen LogP contribution in [0.3, 0.4) is 0 Å². The highest BCUT2D eigenvalue weighted by molar-refractivity contribution is 5.37. The highest BCUT2D eigenvalue weighted by Gasteiger charge is 2.20. The van der Waals surface area contributed by atoms with Crippen molar-refractivity contribution in [2.75, 3.05) is 0 Å². The van der Waals surface area contributed by atoms with Gasteiger partial charge >= 0.3 is 0 Å². The molecule has 1 fully saturated rings. The molecule has 0 saturated heterocycles. The molecule has 2 unspecified atom stereocenters. The van der Waals surface area contributed by atoms with Crippen molar-refractivity contribution >= 4 is 0 Å². The summed E-state index contributed by atoms with van der Waals surface area (Å²) in [5.74, 6) is 0.870. The van der Waals surface area contributed by atoms with Crippen molar-refractivity contribution in [3.63, 3.8) is 0 Å². The van der Waals surface area contributed by atoms with Crippen molar-refractivity contribution in [2.24, 2.45) is 5.92 Å². The zero-order valence-electron chi connectivity index (χ0n) is 10.7. The van der Waals surface area contributed by atoms with E-state index in [1.54, 1.807) is 0 Å². The van der Waals surface area contributed by atoms with Crippen LogP contribution in [0.4, 0.5) is 0 Å². The Hall–Kier alpha value is -1.33. The average Bonchev–Trinajstić information content (AvgIpc) is 2.73. The van der Waals surface area contributed by atoms with E-state index in [9.17, 15) is 0 Å². The molecule has 1 aromatic carbocycles. The SMILES string of the molecule is Cc1cc(C#N)ccc1CNC1CCC(C)C1. The van der Waals surface area contributed by atoms with Crippen LogP contribution >= 0.6 is 0 Å². The lowest BCUT2D eigenvalue weighted by molar-refractivity contribution is 0.501. The Morgan fingerprint density at radius 3 is 2.82 bits per heavy atom. The molecule has 0 heterocycles. The van der Waals surface area contributed by atoms with E-state index in [1.807, 2.05) is 12.1 Å². The minimum atomic E-state index is 0.681. The molecule has 0 spiro atoms. The molecule has 0 bridgehead atoms. The third kappa shape index (κ3) is 3.08. The Balaban J connectivity index is 1.93. The fraction of sp³-hybridized carbons (Fsp3) is 0.533. The van der Waals surface area contributed by atoms with E-state index in [1.165, 1.54) is 30.4 Å². The third-order valence-electron chi connectivity index (χ3n) is 3.75. The van der Waals surface area contributed by atoms with Gasteiger partial charge in [0.25, 0.3) is 0 Å². The quantitative estimate of drug-likeness (QED) is 0.862. The molecule has 2 heteroatoms. The zero-order chi connectivity index (χ0) is 12.3. The molecule has 1 saturated carbocycles. The second-order valence-electron chi connectivity index (χ2n) is 5.25. The first-order valence-corrected chi connectivity index (χ1v) is 6.42. The molecule has 2 nitrogen and oxygen atoms in total. The summed E-state index contributed by atoms with van der Waals surface area (Å²) >= 11 is 0. The normalized spacial score (nSPS) is 23.6. The molecular formula is C15H20N2. The van der Waals surface area contributed by atoms with Crippen LogP contribution < -0.4 is 5.32 Å². The lowest BCUT2D eigenvalue weighted by Crippen LogP contribution is -2.26. The van der Waals surface area contributed by atoms with Crippen LogP contribution in [0.5, 0.6) is 0 Å². The Kier molecular flexibility index (Phi) is 3.81. The molecule has 0 aromatic heterocycles. The molecule has 2 atom stereocenters. The van der Waals surface area contributed by atoms with Gasteiger partial charge in [0, 0.05) is 12.6 Å². The molecule has 0 aliphatic heterocycles. The van der Waals surface area contributed by atoms with Crippen molar-refractivity contribution in [1.82, 2.24) is 5.32 Å². The predicted molar refractivity (Wildman–Crippen MR) is 69.5 cm³/mol. The molecule has 1 aliphatic carbocycles. The van der Waals surface area contributed by atoms with Crippen LogP contribution in [0.25, 0.3) is 0 Å². The smallest absolute Gasteiger partial charge is 0.0991 e.